The Hall–Kier alpha value is -3.87. The number of hydrogen-bond acceptors (Lipinski definition) is 5. The van der Waals surface area contributed by atoms with Crippen LogP contribution in [0.15, 0.2) is 67.1 Å². The minimum absolute atomic E-state index is 0.301. The van der Waals surface area contributed by atoms with Gasteiger partial charge in [-0.25, -0.2) is 4.98 Å². The maximum atomic E-state index is 13.3. The zero-order valence-electron chi connectivity index (χ0n) is 17.0. The van der Waals surface area contributed by atoms with Gasteiger partial charge in [0.2, 0.25) is 0 Å². The molecule has 1 atom stereocenters. The first-order valence-corrected chi connectivity index (χ1v) is 9.46. The first kappa shape index (κ1) is 19.4. The van der Waals surface area contributed by atoms with Crippen LogP contribution in [-0.2, 0) is 7.05 Å². The number of carbonyl (C=O) groups is 1. The molecule has 7 nitrogen and oxygen atoms in total. The minimum atomic E-state index is -0.566. The number of rotatable bonds is 6. The molecule has 0 saturated carbocycles. The quantitative estimate of drug-likeness (QED) is 0.534. The molecular weight excluding hydrogens is 380 g/mol. The highest BCUT2D eigenvalue weighted by atomic mass is 16.5. The van der Waals surface area contributed by atoms with Crippen LogP contribution in [0.1, 0.15) is 27.9 Å². The van der Waals surface area contributed by atoms with E-state index in [-0.39, 0.29) is 5.91 Å². The molecule has 2 aromatic heterocycles. The number of nitrogens with one attached hydrogen (secondary N) is 1. The first-order valence-electron chi connectivity index (χ1n) is 9.46. The molecule has 0 aliphatic heterocycles. The number of amides is 1. The molecule has 1 amide bonds. The molecule has 7 heteroatoms. The summed E-state index contributed by atoms with van der Waals surface area (Å²) in [6, 6.07) is 14.5. The third-order valence-electron chi connectivity index (χ3n) is 5.03. The van der Waals surface area contributed by atoms with E-state index in [9.17, 15) is 4.79 Å². The largest absolute Gasteiger partial charge is 0.493 e. The Kier molecular flexibility index (Phi) is 5.34. The van der Waals surface area contributed by atoms with Crippen molar-refractivity contribution in [3.63, 3.8) is 0 Å². The van der Waals surface area contributed by atoms with Gasteiger partial charge in [0, 0.05) is 36.6 Å². The van der Waals surface area contributed by atoms with Crippen LogP contribution in [0.3, 0.4) is 0 Å². The van der Waals surface area contributed by atoms with Crippen LogP contribution in [0, 0.1) is 0 Å². The highest BCUT2D eigenvalue weighted by molar-refractivity contribution is 6.05. The number of aromatic nitrogens is 3. The maximum absolute atomic E-state index is 13.3. The highest BCUT2D eigenvalue weighted by Crippen LogP contribution is 2.37. The number of aryl methyl sites for hydroxylation is 1. The van der Waals surface area contributed by atoms with Crippen molar-refractivity contribution in [1.29, 1.82) is 0 Å². The van der Waals surface area contributed by atoms with Gasteiger partial charge in [-0.3, -0.25) is 9.78 Å². The smallest absolute Gasteiger partial charge is 0.271 e. The molecule has 2 heterocycles. The van der Waals surface area contributed by atoms with Gasteiger partial charge in [0.15, 0.2) is 11.5 Å². The normalized spacial score (nSPS) is 11.8. The van der Waals surface area contributed by atoms with E-state index in [1.54, 1.807) is 26.6 Å². The fourth-order valence-corrected chi connectivity index (χ4v) is 3.58. The molecule has 0 unspecified atom stereocenters. The van der Waals surface area contributed by atoms with Gasteiger partial charge in [0.1, 0.15) is 17.6 Å². The highest BCUT2D eigenvalue weighted by Gasteiger charge is 2.27. The van der Waals surface area contributed by atoms with E-state index < -0.39 is 6.04 Å². The number of pyridine rings is 1. The van der Waals surface area contributed by atoms with Crippen molar-refractivity contribution in [3.05, 3.63) is 84.2 Å². The predicted molar refractivity (Wildman–Crippen MR) is 114 cm³/mol. The second-order valence-corrected chi connectivity index (χ2v) is 6.77. The topological polar surface area (TPSA) is 78.3 Å². The van der Waals surface area contributed by atoms with E-state index in [0.29, 0.717) is 23.0 Å². The Morgan fingerprint density at radius 3 is 2.57 bits per heavy atom. The second kappa shape index (κ2) is 8.24. The molecule has 4 rings (SSSR count). The molecule has 4 aromatic rings. The van der Waals surface area contributed by atoms with Crippen LogP contribution in [0.5, 0.6) is 11.5 Å². The predicted octanol–water partition coefficient (Wildman–Crippen LogP) is 3.50. The van der Waals surface area contributed by atoms with Gasteiger partial charge < -0.3 is 19.4 Å². The van der Waals surface area contributed by atoms with E-state index in [1.165, 1.54) is 0 Å². The molecule has 0 spiro atoms. The fraction of sp³-hybridized carbons (Fsp3) is 0.174. The number of imidazole rings is 1. The average Bonchev–Trinajstić information content (AvgIpc) is 3.21. The second-order valence-electron chi connectivity index (χ2n) is 6.77. The number of nitrogens with zero attached hydrogens (tertiary/aromatic N) is 3. The van der Waals surface area contributed by atoms with E-state index in [0.717, 1.165) is 16.3 Å². The number of hydrogen-bond donors (Lipinski definition) is 1. The van der Waals surface area contributed by atoms with Crippen LogP contribution < -0.4 is 14.8 Å². The van der Waals surface area contributed by atoms with Crippen LogP contribution in [0.25, 0.3) is 10.8 Å². The lowest BCUT2D eigenvalue weighted by Crippen LogP contribution is -2.32. The van der Waals surface area contributed by atoms with Gasteiger partial charge in [-0.2, -0.15) is 0 Å². The lowest BCUT2D eigenvalue weighted by molar-refractivity contribution is 0.0937. The molecule has 0 radical (unpaired) electrons. The van der Waals surface area contributed by atoms with Gasteiger partial charge in [0.05, 0.1) is 14.2 Å². The van der Waals surface area contributed by atoms with Gasteiger partial charge in [-0.1, -0.05) is 36.4 Å². The molecule has 0 aliphatic carbocycles. The minimum Gasteiger partial charge on any atom is -0.493 e. The average molecular weight is 402 g/mol. The van der Waals surface area contributed by atoms with Gasteiger partial charge in [0.25, 0.3) is 5.91 Å². The Labute approximate surface area is 174 Å². The maximum Gasteiger partial charge on any atom is 0.271 e. The van der Waals surface area contributed by atoms with Crippen LogP contribution in [0.2, 0.25) is 0 Å². The van der Waals surface area contributed by atoms with Gasteiger partial charge in [-0.05, 0) is 17.5 Å². The third-order valence-corrected chi connectivity index (χ3v) is 5.03. The van der Waals surface area contributed by atoms with Gasteiger partial charge in [-0.15, -0.1) is 0 Å². The van der Waals surface area contributed by atoms with Crippen molar-refractivity contribution >= 4 is 16.7 Å². The molecule has 0 fully saturated rings. The monoisotopic (exact) mass is 402 g/mol. The first-order chi connectivity index (χ1) is 14.6. The van der Waals surface area contributed by atoms with Gasteiger partial charge >= 0.3 is 0 Å². The van der Waals surface area contributed by atoms with Crippen molar-refractivity contribution in [2.45, 2.75) is 6.04 Å². The molecule has 2 aromatic carbocycles. The van der Waals surface area contributed by atoms with Crippen molar-refractivity contribution in [2.24, 2.45) is 7.05 Å². The number of carbonyl (C=O) groups excluding carboxylic acids is 1. The molecule has 0 saturated heterocycles. The zero-order chi connectivity index (χ0) is 21.1. The standard InChI is InChI=1S/C23H22N4O3/c1-27-14-13-25-22(27)19(17-9-6-10-18(29-2)21(17)30-3)26-23(28)20-16-8-5-4-7-15(16)11-12-24-20/h4-14,19H,1-3H3,(H,26,28)/t19-/m0/s1. The Balaban J connectivity index is 1.81. The van der Waals surface area contributed by atoms with E-state index >= 15 is 0 Å². The summed E-state index contributed by atoms with van der Waals surface area (Å²) in [6.45, 7) is 0. The van der Waals surface area contributed by atoms with Crippen molar-refractivity contribution in [2.75, 3.05) is 14.2 Å². The van der Waals surface area contributed by atoms with Crippen LogP contribution >= 0.6 is 0 Å². The summed E-state index contributed by atoms with van der Waals surface area (Å²) in [5.41, 5.74) is 1.09. The fourth-order valence-electron chi connectivity index (χ4n) is 3.58. The summed E-state index contributed by atoms with van der Waals surface area (Å²) >= 11 is 0. The van der Waals surface area contributed by atoms with Crippen molar-refractivity contribution in [1.82, 2.24) is 19.9 Å². The number of methoxy groups -OCH3 is 2. The molecule has 1 N–H and O–H groups in total. The summed E-state index contributed by atoms with van der Waals surface area (Å²) < 4.78 is 12.9. The lowest BCUT2D eigenvalue weighted by Gasteiger charge is -2.22. The Morgan fingerprint density at radius 1 is 1.00 bits per heavy atom. The van der Waals surface area contributed by atoms with Crippen LogP contribution in [0.4, 0.5) is 0 Å². The SMILES string of the molecule is COc1cccc([C@H](NC(=O)c2nccc3ccccc23)c2nccn2C)c1OC. The third kappa shape index (κ3) is 3.45. The van der Waals surface area contributed by atoms with Crippen molar-refractivity contribution in [3.8, 4) is 11.5 Å². The molecule has 0 aliphatic rings. The van der Waals surface area contributed by atoms with E-state index in [4.69, 9.17) is 9.47 Å². The molecule has 152 valence electrons. The lowest BCUT2D eigenvalue weighted by atomic mass is 10.0. The molecule has 0 bridgehead atoms. The summed E-state index contributed by atoms with van der Waals surface area (Å²) in [7, 11) is 5.03. The zero-order valence-corrected chi connectivity index (χ0v) is 17.0. The summed E-state index contributed by atoms with van der Waals surface area (Å²) in [5.74, 6) is 1.48. The summed E-state index contributed by atoms with van der Waals surface area (Å²) in [6.07, 6.45) is 5.16. The van der Waals surface area contributed by atoms with E-state index in [1.807, 2.05) is 66.3 Å². The number of fused-ring (bicyclic) bond motifs is 1. The Morgan fingerprint density at radius 2 is 1.83 bits per heavy atom. The summed E-state index contributed by atoms with van der Waals surface area (Å²) in [4.78, 5) is 22.1. The van der Waals surface area contributed by atoms with Crippen molar-refractivity contribution < 1.29 is 14.3 Å². The Bertz CT molecular complexity index is 1200. The molecule has 30 heavy (non-hydrogen) atoms. The number of para-hydroxylation sites is 1. The molecular formula is C23H22N4O3. The van der Waals surface area contributed by atoms with Crippen LogP contribution in [-0.4, -0.2) is 34.7 Å². The van der Waals surface area contributed by atoms with E-state index in [2.05, 4.69) is 15.3 Å². The summed E-state index contributed by atoms with van der Waals surface area (Å²) in [5, 5.41) is 4.83. The number of ether oxygens (including phenoxy) is 2. The number of benzene rings is 2.